The Balaban J connectivity index is 2.90. The molecule has 1 aromatic rings. The standard InChI is InChI=1S/C17H27N3O8/c1-19(14(25)4-12(23)8-21)16(27)10-3-11(7-18-6-10)17(28)20(2)15(26)5-13(24)9-22/h3,6-7,12-15,21-26H,4-5,8-9H2,1-2H3. The van der Waals surface area contributed by atoms with E-state index in [1.165, 1.54) is 32.6 Å². The van der Waals surface area contributed by atoms with Gasteiger partial charge >= 0.3 is 0 Å². The largest absolute Gasteiger partial charge is 0.394 e. The van der Waals surface area contributed by atoms with E-state index in [2.05, 4.69) is 4.98 Å². The van der Waals surface area contributed by atoms with E-state index in [1.807, 2.05) is 0 Å². The minimum Gasteiger partial charge on any atom is -0.394 e. The highest BCUT2D eigenvalue weighted by Crippen LogP contribution is 2.13. The number of nitrogens with zero attached hydrogens (tertiary/aromatic N) is 3. The first-order valence-corrected chi connectivity index (χ1v) is 8.55. The predicted octanol–water partition coefficient (Wildman–Crippen LogP) is -2.65. The lowest BCUT2D eigenvalue weighted by Gasteiger charge is -2.26. The van der Waals surface area contributed by atoms with E-state index in [9.17, 15) is 30.0 Å². The van der Waals surface area contributed by atoms with Crippen LogP contribution in [0.5, 0.6) is 0 Å². The van der Waals surface area contributed by atoms with Crippen LogP contribution in [-0.2, 0) is 0 Å². The van der Waals surface area contributed by atoms with Gasteiger partial charge in [0.15, 0.2) is 0 Å². The van der Waals surface area contributed by atoms with Crippen molar-refractivity contribution in [3.05, 3.63) is 29.6 Å². The normalized spacial score (nSPS) is 15.4. The molecule has 0 fully saturated rings. The molecule has 28 heavy (non-hydrogen) atoms. The summed E-state index contributed by atoms with van der Waals surface area (Å²) in [5.41, 5.74) is -0.0201. The van der Waals surface area contributed by atoms with Crippen molar-refractivity contribution in [3.8, 4) is 0 Å². The Morgan fingerprint density at radius 3 is 1.54 bits per heavy atom. The Labute approximate surface area is 162 Å². The maximum absolute atomic E-state index is 12.5. The first-order valence-electron chi connectivity index (χ1n) is 8.55. The first-order chi connectivity index (χ1) is 13.1. The van der Waals surface area contributed by atoms with Gasteiger partial charge in [-0.05, 0) is 6.07 Å². The van der Waals surface area contributed by atoms with Gasteiger partial charge < -0.3 is 40.4 Å². The molecule has 0 radical (unpaired) electrons. The van der Waals surface area contributed by atoms with Gasteiger partial charge in [-0.25, -0.2) is 0 Å². The fourth-order valence-corrected chi connectivity index (χ4v) is 2.30. The molecular weight excluding hydrogens is 374 g/mol. The third kappa shape index (κ3) is 6.48. The molecule has 4 atom stereocenters. The van der Waals surface area contributed by atoms with Gasteiger partial charge in [-0.1, -0.05) is 0 Å². The molecule has 0 aliphatic rings. The number of carbonyl (C=O) groups is 2. The number of hydrogen-bond donors (Lipinski definition) is 6. The molecule has 0 saturated heterocycles. The van der Waals surface area contributed by atoms with E-state index in [0.717, 1.165) is 9.80 Å². The zero-order valence-electron chi connectivity index (χ0n) is 15.7. The van der Waals surface area contributed by atoms with Crippen LogP contribution in [0.4, 0.5) is 0 Å². The summed E-state index contributed by atoms with van der Waals surface area (Å²) >= 11 is 0. The molecule has 11 nitrogen and oxygen atoms in total. The van der Waals surface area contributed by atoms with Gasteiger partial charge in [0.2, 0.25) is 0 Å². The third-order valence-electron chi connectivity index (χ3n) is 4.15. The van der Waals surface area contributed by atoms with E-state index in [0.29, 0.717) is 0 Å². The van der Waals surface area contributed by atoms with Crippen LogP contribution in [-0.4, -0.2) is 109 Å². The van der Waals surface area contributed by atoms with Crippen LogP contribution in [0, 0.1) is 0 Å². The number of hydrogen-bond acceptors (Lipinski definition) is 9. The summed E-state index contributed by atoms with van der Waals surface area (Å²) in [6, 6.07) is 1.23. The molecule has 0 bridgehead atoms. The van der Waals surface area contributed by atoms with Crippen LogP contribution in [0.3, 0.4) is 0 Å². The maximum Gasteiger partial charge on any atom is 0.257 e. The highest BCUT2D eigenvalue weighted by molar-refractivity contribution is 5.99. The predicted molar refractivity (Wildman–Crippen MR) is 95.9 cm³/mol. The topological polar surface area (TPSA) is 175 Å². The van der Waals surface area contributed by atoms with E-state index < -0.39 is 49.7 Å². The number of aliphatic hydroxyl groups excluding tert-OH is 6. The molecule has 2 amide bonds. The number of pyridine rings is 1. The van der Waals surface area contributed by atoms with Gasteiger partial charge in [-0.15, -0.1) is 0 Å². The molecule has 0 aliphatic carbocycles. The number of carbonyl (C=O) groups excluding carboxylic acids is 2. The van der Waals surface area contributed by atoms with E-state index >= 15 is 0 Å². The lowest BCUT2D eigenvalue weighted by atomic mass is 10.1. The minimum absolute atomic E-state index is 0.0100. The fraction of sp³-hybridized carbons (Fsp3) is 0.588. The van der Waals surface area contributed by atoms with Crippen LogP contribution in [0.15, 0.2) is 18.5 Å². The molecule has 1 heterocycles. The van der Waals surface area contributed by atoms with Crippen molar-refractivity contribution in [2.75, 3.05) is 27.3 Å². The number of rotatable bonds is 10. The van der Waals surface area contributed by atoms with Gasteiger partial charge in [-0.3, -0.25) is 14.6 Å². The maximum atomic E-state index is 12.5. The van der Waals surface area contributed by atoms with Gasteiger partial charge in [0.05, 0.1) is 36.5 Å². The molecule has 1 aromatic heterocycles. The van der Waals surface area contributed by atoms with Gasteiger partial charge in [0.25, 0.3) is 11.8 Å². The quantitative estimate of drug-likeness (QED) is 0.229. The van der Waals surface area contributed by atoms with Crippen molar-refractivity contribution in [1.29, 1.82) is 0 Å². The Kier molecular flexibility index (Phi) is 9.38. The van der Waals surface area contributed by atoms with Crippen LogP contribution in [0.25, 0.3) is 0 Å². The van der Waals surface area contributed by atoms with Gasteiger partial charge in [0, 0.05) is 39.3 Å². The second kappa shape index (κ2) is 11.0. The number of amides is 2. The van der Waals surface area contributed by atoms with E-state index in [-0.39, 0.29) is 24.0 Å². The van der Waals surface area contributed by atoms with Crippen molar-refractivity contribution in [2.45, 2.75) is 37.5 Å². The Morgan fingerprint density at radius 1 is 0.857 bits per heavy atom. The zero-order valence-corrected chi connectivity index (χ0v) is 15.7. The molecule has 0 aliphatic heterocycles. The van der Waals surface area contributed by atoms with Crippen molar-refractivity contribution in [1.82, 2.24) is 14.8 Å². The first kappa shape index (κ1) is 23.9. The van der Waals surface area contributed by atoms with Crippen LogP contribution in [0.1, 0.15) is 33.6 Å². The zero-order chi connectivity index (χ0) is 21.4. The average Bonchev–Trinajstić information content (AvgIpc) is 2.70. The molecule has 0 aromatic carbocycles. The summed E-state index contributed by atoms with van der Waals surface area (Å²) in [6.45, 7) is -1.13. The highest BCUT2D eigenvalue weighted by atomic mass is 16.3. The SMILES string of the molecule is CN(C(=O)c1cncc(C(=O)N(C)C(O)CC(O)CO)c1)C(O)CC(O)CO. The minimum atomic E-state index is -1.36. The number of aliphatic hydroxyl groups is 6. The van der Waals surface area contributed by atoms with Crippen molar-refractivity contribution in [3.63, 3.8) is 0 Å². The molecule has 0 saturated carbocycles. The molecule has 6 N–H and O–H groups in total. The summed E-state index contributed by atoms with van der Waals surface area (Å²) in [4.78, 5) is 30.6. The lowest BCUT2D eigenvalue weighted by molar-refractivity contribution is -0.0213. The summed E-state index contributed by atoms with van der Waals surface area (Å²) in [5.74, 6) is -1.34. The molecule has 158 valence electrons. The van der Waals surface area contributed by atoms with Crippen molar-refractivity contribution < 1.29 is 40.2 Å². The smallest absolute Gasteiger partial charge is 0.257 e. The van der Waals surface area contributed by atoms with Gasteiger partial charge in [0.1, 0.15) is 12.5 Å². The van der Waals surface area contributed by atoms with Crippen LogP contribution < -0.4 is 0 Å². The molecule has 4 unspecified atom stereocenters. The second-order valence-electron chi connectivity index (χ2n) is 6.40. The fourth-order valence-electron chi connectivity index (χ4n) is 2.30. The molecular formula is C17H27N3O8. The monoisotopic (exact) mass is 401 g/mol. The lowest BCUT2D eigenvalue weighted by Crippen LogP contribution is -2.40. The van der Waals surface area contributed by atoms with E-state index in [4.69, 9.17) is 10.2 Å². The van der Waals surface area contributed by atoms with Gasteiger partial charge in [-0.2, -0.15) is 0 Å². The van der Waals surface area contributed by atoms with Crippen molar-refractivity contribution in [2.24, 2.45) is 0 Å². The van der Waals surface area contributed by atoms with Crippen molar-refractivity contribution >= 4 is 11.8 Å². The Bertz CT molecular complexity index is 608. The molecule has 1 rings (SSSR count). The average molecular weight is 401 g/mol. The molecule has 11 heteroatoms. The summed E-state index contributed by atoms with van der Waals surface area (Å²) in [5, 5.41) is 56.3. The summed E-state index contributed by atoms with van der Waals surface area (Å²) < 4.78 is 0. The number of aromatic nitrogens is 1. The third-order valence-corrected chi connectivity index (χ3v) is 4.15. The van der Waals surface area contributed by atoms with Crippen LogP contribution >= 0.6 is 0 Å². The highest BCUT2D eigenvalue weighted by Gasteiger charge is 2.25. The Hall–Kier alpha value is -2.15. The molecule has 0 spiro atoms. The van der Waals surface area contributed by atoms with E-state index in [1.54, 1.807) is 0 Å². The summed E-state index contributed by atoms with van der Waals surface area (Å²) in [6.07, 6.45) is -3.24. The Morgan fingerprint density at radius 2 is 1.21 bits per heavy atom. The second-order valence-corrected chi connectivity index (χ2v) is 6.40. The van der Waals surface area contributed by atoms with Crippen LogP contribution in [0.2, 0.25) is 0 Å². The summed E-state index contributed by atoms with van der Waals surface area (Å²) in [7, 11) is 2.58.